The van der Waals surface area contributed by atoms with Crippen LogP contribution in [0.4, 0.5) is 13.2 Å². The minimum atomic E-state index is -4.43. The van der Waals surface area contributed by atoms with E-state index in [-0.39, 0.29) is 0 Å². The second-order valence-corrected chi connectivity index (χ2v) is 4.44. The Hall–Kier alpha value is -0.710. The molecule has 0 aromatic carbocycles. The summed E-state index contributed by atoms with van der Waals surface area (Å²) in [7, 11) is 0. The molecule has 0 heterocycles. The molecule has 5 heteroatoms. The van der Waals surface area contributed by atoms with Crippen molar-refractivity contribution in [2.45, 2.75) is 31.2 Å². The average Bonchev–Trinajstić information content (AvgIpc) is 2.15. The van der Waals surface area contributed by atoms with Crippen LogP contribution in [0.1, 0.15) is 25.7 Å². The van der Waals surface area contributed by atoms with Gasteiger partial charge in [0.1, 0.15) is 0 Å². The number of carbonyl (C=O) groups excluding carboxylic acids is 1. The lowest BCUT2D eigenvalue weighted by atomic mass is 9.96. The molecule has 15 heavy (non-hydrogen) atoms. The lowest BCUT2D eigenvalue weighted by Crippen LogP contribution is -2.10. The molecule has 0 saturated carbocycles. The van der Waals surface area contributed by atoms with E-state index in [0.29, 0.717) is 12.0 Å². The Morgan fingerprint density at radius 2 is 2.07 bits per heavy atom. The van der Waals surface area contributed by atoms with Crippen LogP contribution in [0.2, 0.25) is 0 Å². The van der Waals surface area contributed by atoms with Crippen molar-refractivity contribution in [2.75, 3.05) is 0 Å². The van der Waals surface area contributed by atoms with E-state index in [2.05, 4.69) is 6.58 Å². The maximum Gasteiger partial charge on any atom is 0.446 e. The lowest BCUT2D eigenvalue weighted by Gasteiger charge is -2.13. The minimum absolute atomic E-state index is 0.426. The first-order valence-corrected chi connectivity index (χ1v) is 5.40. The van der Waals surface area contributed by atoms with Crippen LogP contribution in [-0.2, 0) is 4.79 Å². The lowest BCUT2D eigenvalue weighted by molar-refractivity contribution is -0.112. The molecule has 0 radical (unpaired) electrons. The van der Waals surface area contributed by atoms with Crippen LogP contribution < -0.4 is 0 Å². The molecule has 1 rings (SSSR count). The molecule has 0 atom stereocenters. The van der Waals surface area contributed by atoms with Gasteiger partial charge in [-0.3, -0.25) is 4.79 Å². The van der Waals surface area contributed by atoms with Crippen LogP contribution in [0.15, 0.2) is 23.1 Å². The number of ketones is 1. The third-order valence-electron chi connectivity index (χ3n) is 2.07. The number of alkyl halides is 3. The van der Waals surface area contributed by atoms with Crippen molar-refractivity contribution >= 4 is 17.5 Å². The fourth-order valence-corrected chi connectivity index (χ4v) is 1.91. The number of thioether (sulfide) groups is 1. The van der Waals surface area contributed by atoms with Crippen molar-refractivity contribution in [3.05, 3.63) is 23.1 Å². The zero-order valence-corrected chi connectivity index (χ0v) is 8.88. The summed E-state index contributed by atoms with van der Waals surface area (Å²) < 4.78 is 35.9. The van der Waals surface area contributed by atoms with E-state index in [0.717, 1.165) is 19.3 Å². The monoisotopic (exact) mass is 236 g/mol. The molecule has 0 unspecified atom stereocenters. The number of hydrogen-bond donors (Lipinski definition) is 0. The van der Waals surface area contributed by atoms with E-state index >= 15 is 0 Å². The molecule has 1 aliphatic rings. The standard InChI is InChI=1S/C10H11F3OS/c1-7(15-10(11,12)13)9(14)8-5-3-2-4-6-8/h5H,1-4,6H2. The largest absolute Gasteiger partial charge is 0.446 e. The first-order chi connectivity index (χ1) is 6.90. The molecule has 0 aliphatic heterocycles. The van der Waals surface area contributed by atoms with Gasteiger partial charge in [-0.1, -0.05) is 12.7 Å². The first kappa shape index (κ1) is 12.4. The predicted molar refractivity (Wildman–Crippen MR) is 54.3 cm³/mol. The molecule has 0 spiro atoms. The number of halogens is 3. The highest BCUT2D eigenvalue weighted by molar-refractivity contribution is 8.04. The molecule has 0 aromatic heterocycles. The topological polar surface area (TPSA) is 17.1 Å². The molecular formula is C10H11F3OS. The zero-order chi connectivity index (χ0) is 11.5. The Balaban J connectivity index is 2.60. The number of carbonyl (C=O) groups is 1. The minimum Gasteiger partial charge on any atom is -0.288 e. The summed E-state index contributed by atoms with van der Waals surface area (Å²) in [6, 6.07) is 0. The molecular weight excluding hydrogens is 225 g/mol. The Bertz CT molecular complexity index is 304. The van der Waals surface area contributed by atoms with Crippen molar-refractivity contribution in [2.24, 2.45) is 0 Å². The van der Waals surface area contributed by atoms with Gasteiger partial charge in [0.2, 0.25) is 0 Å². The molecule has 0 bridgehead atoms. The van der Waals surface area contributed by atoms with Crippen LogP contribution in [0.25, 0.3) is 0 Å². The van der Waals surface area contributed by atoms with E-state index in [1.807, 2.05) is 0 Å². The van der Waals surface area contributed by atoms with Gasteiger partial charge in [0.05, 0.1) is 4.91 Å². The Kier molecular flexibility index (Phi) is 4.02. The van der Waals surface area contributed by atoms with Gasteiger partial charge < -0.3 is 0 Å². The van der Waals surface area contributed by atoms with E-state index < -0.39 is 28.0 Å². The summed E-state index contributed by atoms with van der Waals surface area (Å²) >= 11 is -0.426. The van der Waals surface area contributed by atoms with Gasteiger partial charge in [-0.2, -0.15) is 13.2 Å². The number of rotatable bonds is 3. The van der Waals surface area contributed by atoms with E-state index in [1.54, 1.807) is 6.08 Å². The van der Waals surface area contributed by atoms with Crippen LogP contribution in [0.3, 0.4) is 0 Å². The predicted octanol–water partition coefficient (Wildman–Crippen LogP) is 3.82. The van der Waals surface area contributed by atoms with Crippen molar-refractivity contribution in [3.8, 4) is 0 Å². The molecule has 0 N–H and O–H groups in total. The third-order valence-corrected chi connectivity index (χ3v) is 2.74. The third kappa shape index (κ3) is 4.11. The number of allylic oxidation sites excluding steroid dienone is 3. The highest BCUT2D eigenvalue weighted by Crippen LogP contribution is 2.37. The van der Waals surface area contributed by atoms with Crippen LogP contribution in [0, 0.1) is 0 Å². The smallest absolute Gasteiger partial charge is 0.288 e. The molecule has 0 saturated heterocycles. The van der Waals surface area contributed by atoms with Crippen molar-refractivity contribution < 1.29 is 18.0 Å². The van der Waals surface area contributed by atoms with E-state index in [1.165, 1.54) is 0 Å². The maximum atomic E-state index is 12.0. The van der Waals surface area contributed by atoms with Gasteiger partial charge >= 0.3 is 5.51 Å². The summed E-state index contributed by atoms with van der Waals surface area (Å²) in [6.45, 7) is 3.17. The SMILES string of the molecule is C=C(SC(F)(F)F)C(=O)C1=CCCCC1. The van der Waals surface area contributed by atoms with Gasteiger partial charge in [0.15, 0.2) is 5.78 Å². The van der Waals surface area contributed by atoms with E-state index in [9.17, 15) is 18.0 Å². The van der Waals surface area contributed by atoms with Gasteiger partial charge in [0, 0.05) is 0 Å². The summed E-state index contributed by atoms with van der Waals surface area (Å²) in [5.41, 5.74) is -3.95. The molecule has 84 valence electrons. The van der Waals surface area contributed by atoms with Crippen LogP contribution in [0.5, 0.6) is 0 Å². The maximum absolute atomic E-state index is 12.0. The van der Waals surface area contributed by atoms with E-state index in [4.69, 9.17) is 0 Å². The fraction of sp³-hybridized carbons (Fsp3) is 0.500. The molecule has 0 fully saturated rings. The highest BCUT2D eigenvalue weighted by Gasteiger charge is 2.32. The number of hydrogen-bond acceptors (Lipinski definition) is 2. The number of Topliss-reactive ketones (excluding diaryl/α,β-unsaturated/α-hetero) is 1. The zero-order valence-electron chi connectivity index (χ0n) is 8.06. The van der Waals surface area contributed by atoms with Crippen LogP contribution in [-0.4, -0.2) is 11.3 Å². The van der Waals surface area contributed by atoms with Gasteiger partial charge in [-0.25, -0.2) is 0 Å². The average molecular weight is 236 g/mol. The quantitative estimate of drug-likeness (QED) is 0.693. The molecule has 0 amide bonds. The van der Waals surface area contributed by atoms with Gasteiger partial charge in [0.25, 0.3) is 0 Å². The van der Waals surface area contributed by atoms with Gasteiger partial charge in [-0.15, -0.1) is 0 Å². The molecule has 1 nitrogen and oxygen atoms in total. The normalized spacial score (nSPS) is 17.1. The van der Waals surface area contributed by atoms with Crippen LogP contribution >= 0.6 is 11.8 Å². The highest BCUT2D eigenvalue weighted by atomic mass is 32.2. The fourth-order valence-electron chi connectivity index (χ4n) is 1.41. The summed E-state index contributed by atoms with van der Waals surface area (Å²) in [5, 5.41) is 0. The van der Waals surface area contributed by atoms with Gasteiger partial charge in [-0.05, 0) is 43.0 Å². The summed E-state index contributed by atoms with van der Waals surface area (Å²) in [4.78, 5) is 11.1. The summed E-state index contributed by atoms with van der Waals surface area (Å²) in [5.74, 6) is -0.558. The second kappa shape index (κ2) is 4.88. The Morgan fingerprint density at radius 3 is 2.53 bits per heavy atom. The van der Waals surface area contributed by atoms with Crippen molar-refractivity contribution in [1.82, 2.24) is 0 Å². The second-order valence-electron chi connectivity index (χ2n) is 3.28. The summed E-state index contributed by atoms with van der Waals surface area (Å²) in [6.07, 6.45) is 4.91. The molecule has 1 aliphatic carbocycles. The van der Waals surface area contributed by atoms with Crippen molar-refractivity contribution in [3.63, 3.8) is 0 Å². The van der Waals surface area contributed by atoms with Crippen molar-refractivity contribution in [1.29, 1.82) is 0 Å². The Morgan fingerprint density at radius 1 is 1.40 bits per heavy atom. The molecule has 0 aromatic rings. The Labute approximate surface area is 90.4 Å². The first-order valence-electron chi connectivity index (χ1n) is 4.58.